The number of pyridine rings is 5. The molecule has 15 aromatic heterocycles. The van der Waals surface area contributed by atoms with Gasteiger partial charge in [0, 0.05) is 146 Å². The van der Waals surface area contributed by atoms with E-state index in [1.807, 2.05) is 134 Å². The number of nitrogens with one attached hydrogen (secondary N) is 9. The van der Waals surface area contributed by atoms with Crippen molar-refractivity contribution in [1.82, 2.24) is 87.9 Å². The zero-order valence-electron chi connectivity index (χ0n) is 73.5. The maximum atomic E-state index is 9.67. The molecule has 41 heteroatoms. The second kappa shape index (κ2) is 47.3. The van der Waals surface area contributed by atoms with E-state index in [1.165, 1.54) is 0 Å². The van der Waals surface area contributed by atoms with Crippen molar-refractivity contribution in [3.8, 4) is 0 Å². The Morgan fingerprint density at radius 3 is 1.10 bits per heavy atom. The van der Waals surface area contributed by atoms with Gasteiger partial charge in [-0.25, -0.2) is 24.9 Å². The summed E-state index contributed by atoms with van der Waals surface area (Å²) >= 11 is 17.5. The maximum absolute atomic E-state index is 9.67. The molecule has 129 heavy (non-hydrogen) atoms. The smallest absolute Gasteiger partial charge is 0.227 e. The second-order valence-electron chi connectivity index (χ2n) is 31.8. The maximum Gasteiger partial charge on any atom is 0.227 e. The van der Waals surface area contributed by atoms with E-state index >= 15 is 0 Å². The highest BCUT2D eigenvalue weighted by atomic mass is 79.9. The molecule has 0 bridgehead atoms. The molecule has 0 saturated carbocycles. The number of aromatic nitrogens is 20. The Balaban J connectivity index is 0.000000146. The summed E-state index contributed by atoms with van der Waals surface area (Å²) in [5.74, 6) is 8.18. The molecule has 682 valence electrons. The van der Waals surface area contributed by atoms with Gasteiger partial charge in [0.15, 0.2) is 28.2 Å². The second-order valence-corrected chi connectivity index (χ2v) is 36.1. The van der Waals surface area contributed by atoms with Gasteiger partial charge in [-0.1, -0.05) is 79.5 Å². The minimum absolute atomic E-state index is 0.0205. The van der Waals surface area contributed by atoms with Crippen molar-refractivity contribution in [3.05, 3.63) is 234 Å². The van der Waals surface area contributed by atoms with E-state index < -0.39 is 0 Å². The Morgan fingerprint density at radius 2 is 0.783 bits per heavy atom. The van der Waals surface area contributed by atoms with Crippen molar-refractivity contribution in [1.29, 1.82) is 0 Å². The number of nitrogens with zero attached hydrogens (tertiary/aromatic N) is 21. The van der Waals surface area contributed by atoms with Gasteiger partial charge < -0.3 is 73.2 Å². The summed E-state index contributed by atoms with van der Waals surface area (Å²) in [7, 11) is 3.25. The molecule has 16 heterocycles. The Kier molecular flexibility index (Phi) is 35.5. The Bertz CT molecular complexity index is 5910. The molecule has 1 aliphatic heterocycles. The Labute approximate surface area is 790 Å². The van der Waals surface area contributed by atoms with Crippen LogP contribution in [0.2, 0.25) is 0 Å². The summed E-state index contributed by atoms with van der Waals surface area (Å²) in [6.45, 7) is 21.4. The van der Waals surface area contributed by atoms with Crippen LogP contribution in [0.4, 0.5) is 58.2 Å². The van der Waals surface area contributed by atoms with Crippen LogP contribution < -0.4 is 71.9 Å². The Morgan fingerprint density at radius 1 is 0.442 bits per heavy atom. The van der Waals surface area contributed by atoms with Gasteiger partial charge in [-0.15, -0.1) is 0 Å². The van der Waals surface area contributed by atoms with E-state index in [0.29, 0.717) is 67.1 Å². The van der Waals surface area contributed by atoms with Gasteiger partial charge in [-0.3, -0.25) is 24.6 Å². The number of aliphatic hydroxyl groups is 4. The number of halogens is 5. The quantitative estimate of drug-likeness (QED) is 0.0164. The third-order valence-electron chi connectivity index (χ3n) is 21.1. The van der Waals surface area contributed by atoms with Gasteiger partial charge in [0.1, 0.15) is 72.4 Å². The summed E-state index contributed by atoms with van der Waals surface area (Å²) in [4.78, 5) is 48.3. The fraction of sp³-hybridized carbons (Fsp3) is 0.375. The van der Waals surface area contributed by atoms with E-state index in [1.54, 1.807) is 95.8 Å². The van der Waals surface area contributed by atoms with Crippen LogP contribution in [0, 0.1) is 11.3 Å². The first-order valence-corrected chi connectivity index (χ1v) is 46.4. The van der Waals surface area contributed by atoms with Crippen LogP contribution in [0.15, 0.2) is 206 Å². The number of fused-ring (bicyclic) bond motifs is 5. The topological polar surface area (TPSA) is 408 Å². The first-order chi connectivity index (χ1) is 62.5. The first kappa shape index (κ1) is 96.8. The summed E-state index contributed by atoms with van der Waals surface area (Å²) in [5, 5.41) is 90.7. The van der Waals surface area contributed by atoms with Gasteiger partial charge in [0.25, 0.3) is 0 Å². The molecule has 5 atom stereocenters. The van der Waals surface area contributed by atoms with Gasteiger partial charge in [0.2, 0.25) is 24.8 Å². The Hall–Kier alpha value is -11.3. The third kappa shape index (κ3) is 26.5. The zero-order chi connectivity index (χ0) is 91.5. The third-order valence-corrected chi connectivity index (χ3v) is 23.9. The number of anilines is 10. The molecule has 0 aromatic carbocycles. The van der Waals surface area contributed by atoms with Gasteiger partial charge in [-0.2, -0.15) is 48.1 Å². The van der Waals surface area contributed by atoms with Gasteiger partial charge in [-0.05, 0) is 171 Å². The summed E-state index contributed by atoms with van der Waals surface area (Å²) in [6.07, 6.45) is 32.7. The van der Waals surface area contributed by atoms with Gasteiger partial charge in [0.05, 0.1) is 104 Å². The normalized spacial score (nSPS) is 13.4. The molecule has 1 aliphatic rings. The average Bonchev–Trinajstić information content (AvgIpc) is 1.66. The predicted molar refractivity (Wildman–Crippen MR) is 519 cm³/mol. The fourth-order valence-electron chi connectivity index (χ4n) is 13.6. The van der Waals surface area contributed by atoms with Crippen molar-refractivity contribution >= 4 is 166 Å². The molecule has 0 unspecified atom stereocenters. The number of aliphatic hydroxyl groups excluding tert-OH is 4. The van der Waals surface area contributed by atoms with E-state index in [4.69, 9.17) is 19.6 Å². The lowest BCUT2D eigenvalue weighted by Gasteiger charge is -2.28. The van der Waals surface area contributed by atoms with Crippen molar-refractivity contribution in [2.75, 3.05) is 99.9 Å². The van der Waals surface area contributed by atoms with Crippen LogP contribution >= 0.6 is 79.6 Å². The lowest BCUT2D eigenvalue weighted by atomic mass is 9.88. The molecule has 16 rings (SSSR count). The highest BCUT2D eigenvalue weighted by molar-refractivity contribution is 9.11. The zero-order valence-corrected chi connectivity index (χ0v) is 81.4. The number of hydrogen-bond donors (Lipinski definition) is 13. The van der Waals surface area contributed by atoms with Crippen LogP contribution in [0.25, 0.3) is 28.2 Å². The van der Waals surface area contributed by atoms with Crippen molar-refractivity contribution in [3.63, 3.8) is 0 Å². The van der Waals surface area contributed by atoms with Crippen molar-refractivity contribution < 1.29 is 39.6 Å². The van der Waals surface area contributed by atoms with Crippen LogP contribution in [0.5, 0.6) is 0 Å². The highest BCUT2D eigenvalue weighted by Gasteiger charge is 2.28. The van der Waals surface area contributed by atoms with Crippen LogP contribution in [-0.4, -0.2) is 186 Å². The van der Waals surface area contributed by atoms with Crippen LogP contribution in [0.1, 0.15) is 122 Å². The molecule has 36 nitrogen and oxygen atoms in total. The molecular weight excluding hydrogens is 1970 g/mol. The van der Waals surface area contributed by atoms with Crippen LogP contribution in [-0.2, 0) is 32.7 Å². The number of hydrogen-bond acceptors (Lipinski definition) is 29. The van der Waals surface area contributed by atoms with E-state index in [9.17, 15) is 20.4 Å². The first-order valence-electron chi connectivity index (χ1n) is 42.4. The lowest BCUT2D eigenvalue weighted by Crippen LogP contribution is -2.40. The molecule has 13 N–H and O–H groups in total. The molecule has 0 aliphatic carbocycles. The molecule has 15 aromatic rings. The highest BCUT2D eigenvalue weighted by Crippen LogP contribution is 2.33. The predicted octanol–water partition coefficient (Wildman–Crippen LogP) is 13.8. The monoisotopic (exact) mass is 2080 g/mol. The minimum Gasteiger partial charge on any atom is -0.394 e. The molecule has 0 radical (unpaired) electrons. The molecule has 1 fully saturated rings. The minimum atomic E-state index is -0.0794. The summed E-state index contributed by atoms with van der Waals surface area (Å²) in [5.41, 5.74) is 9.18. The SMILES string of the molecule is CCC[C@@H](CO)Nc1cc(NCc2cccnc2)n2ncc(Br)c2n1.CCC[C@H](CO)Nc1cc(NCc2cccnc2)n2ncc(Br)c2n1.CO[n+]1cccc(CNc2cc(N3CCC[C@H]3CO)nc3c(Br)cnn23)c1.CO[n+]1cccc(CNc2cc(N[C@@H](CO)C(C)C)nc3c(Br)cnn23)c1.C[C@H](Nc1cc(NCc2cccnc2)n2ncc(Br)c2n1)C(C)(C)C. The van der Waals surface area contributed by atoms with E-state index in [-0.39, 0.29) is 68.0 Å². The molecule has 0 amide bonds. The summed E-state index contributed by atoms with van der Waals surface area (Å²) in [6, 6.07) is 29.7. The molecular formula is C88H111Br5N30O6+2. The van der Waals surface area contributed by atoms with Crippen LogP contribution in [0.3, 0.4) is 0 Å². The average molecular weight is 2080 g/mol. The lowest BCUT2D eigenvalue weighted by molar-refractivity contribution is -0.885. The number of rotatable bonds is 35. The molecule has 0 spiro atoms. The van der Waals surface area contributed by atoms with Gasteiger partial charge >= 0.3 is 0 Å². The van der Waals surface area contributed by atoms with Crippen molar-refractivity contribution in [2.24, 2.45) is 11.3 Å². The van der Waals surface area contributed by atoms with Crippen molar-refractivity contribution in [2.45, 2.75) is 157 Å². The summed E-state index contributed by atoms with van der Waals surface area (Å²) < 4.78 is 16.3. The van der Waals surface area contributed by atoms with E-state index in [0.717, 1.165) is 147 Å². The standard InChI is InChI=1S/C18H22BrN6O2.C18H24BrN6O2.C18H23BrN6.2C17H21BrN6O/c1-27-23-6-2-4-13(11-23)9-20-16-8-17(24-7-3-5-14(24)12-26)22-18-15(19)10-21-25(16)18;1-12(2)15(11-26)22-16-7-17(25-18(23-16)14(19)9-21-25)20-8-13-5-4-6-24(10-13)27-3;1-12(18(2,3)4)23-15-8-16(21-10-13-6-5-7-20-9-13)25-17(24-15)14(19)11-22-25;2*1-2-4-13(11-25)22-15-7-16(20-9-12-5-3-6-19-8-12)24-17(23-15)14(18)10-21-24/h2,4,6,8,10-11,14,20,26H,3,5,7,9,12H2,1H3;4-7,9-10,12,15,20,26H,8,11H2,1-3H3,(H,22,23);5-9,11-12,21H,10H2,1-4H3,(H,23,24);2*3,5-8,10,13,20,25H,2,4,9,11H2,1H3,(H,22,23)/q2*+1;;;/t14-;15-;12-;2*13-/m00010/s1. The largest absolute Gasteiger partial charge is 0.394 e. The fourth-order valence-corrected chi connectivity index (χ4v) is 15.3. The molecule has 1 saturated heterocycles. The van der Waals surface area contributed by atoms with E-state index in [2.05, 4.69) is 243 Å².